The molecule has 3 aromatic rings. The molecule has 0 bridgehead atoms. The Morgan fingerprint density at radius 3 is 3.07 bits per heavy atom. The number of amides is 1. The lowest BCUT2D eigenvalue weighted by molar-refractivity contribution is -0.0331. The fourth-order valence-electron chi connectivity index (χ4n) is 2.90. The molecular weight excluding hydrogens is 353 g/mol. The molecule has 0 saturated carbocycles. The van der Waals surface area contributed by atoms with Gasteiger partial charge in [0.25, 0.3) is 0 Å². The first kappa shape index (κ1) is 17.3. The van der Waals surface area contributed by atoms with E-state index in [0.29, 0.717) is 35.8 Å². The number of H-pyrrole nitrogens is 1. The van der Waals surface area contributed by atoms with Gasteiger partial charge in [0.1, 0.15) is 24.4 Å². The second kappa shape index (κ2) is 7.28. The molecule has 8 nitrogen and oxygen atoms in total. The lowest BCUT2D eigenvalue weighted by atomic mass is 10.1. The van der Waals surface area contributed by atoms with Gasteiger partial charge in [0, 0.05) is 24.5 Å². The van der Waals surface area contributed by atoms with E-state index in [0.717, 1.165) is 5.56 Å². The molecule has 0 spiro atoms. The van der Waals surface area contributed by atoms with Crippen molar-refractivity contribution >= 4 is 17.4 Å². The van der Waals surface area contributed by atoms with Gasteiger partial charge in [-0.25, -0.2) is 24.1 Å². The Morgan fingerprint density at radius 1 is 1.41 bits per heavy atom. The second-order valence-corrected chi connectivity index (χ2v) is 6.31. The summed E-state index contributed by atoms with van der Waals surface area (Å²) in [4.78, 5) is 29.6. The number of halogens is 1. The van der Waals surface area contributed by atoms with E-state index >= 15 is 0 Å². The van der Waals surface area contributed by atoms with Crippen molar-refractivity contribution in [2.24, 2.45) is 0 Å². The molecule has 0 aliphatic carbocycles. The van der Waals surface area contributed by atoms with E-state index in [2.05, 4.69) is 19.9 Å². The standard InChI is InChI=1S/C18H18FN5O3/c1-11-2-3-12(13(19)8-11)10-27-18(25)24-6-7-26-14(9-24)15-22-16-17(23-15)21-5-4-20-16/h2-5,8,14H,6-7,9-10H2,1H3,(H,20,21,22,23)/t14-/m0/s1. The number of nitrogens with zero attached hydrogens (tertiary/aromatic N) is 4. The smallest absolute Gasteiger partial charge is 0.410 e. The Kier molecular flexibility index (Phi) is 4.68. The number of ether oxygens (including phenoxy) is 2. The lowest BCUT2D eigenvalue weighted by Crippen LogP contribution is -2.42. The van der Waals surface area contributed by atoms with Gasteiger partial charge in [0.15, 0.2) is 11.3 Å². The minimum Gasteiger partial charge on any atom is -0.444 e. The molecule has 1 aliphatic rings. The quantitative estimate of drug-likeness (QED) is 0.760. The number of fused-ring (bicyclic) bond motifs is 1. The lowest BCUT2D eigenvalue weighted by Gasteiger charge is -2.31. The van der Waals surface area contributed by atoms with Crippen LogP contribution in [-0.4, -0.2) is 50.6 Å². The Hall–Kier alpha value is -3.07. The number of carbonyl (C=O) groups is 1. The minimum atomic E-state index is -0.518. The molecule has 140 valence electrons. The summed E-state index contributed by atoms with van der Waals surface area (Å²) >= 11 is 0. The number of benzene rings is 1. The topological polar surface area (TPSA) is 93.2 Å². The number of hydrogen-bond donors (Lipinski definition) is 1. The molecule has 9 heteroatoms. The van der Waals surface area contributed by atoms with Crippen LogP contribution in [0.15, 0.2) is 30.6 Å². The monoisotopic (exact) mass is 371 g/mol. The highest BCUT2D eigenvalue weighted by Crippen LogP contribution is 2.22. The number of hydrogen-bond acceptors (Lipinski definition) is 6. The molecule has 1 fully saturated rings. The van der Waals surface area contributed by atoms with Crippen molar-refractivity contribution in [2.45, 2.75) is 19.6 Å². The highest BCUT2D eigenvalue weighted by molar-refractivity contribution is 5.68. The highest BCUT2D eigenvalue weighted by atomic mass is 19.1. The predicted molar refractivity (Wildman–Crippen MR) is 93.3 cm³/mol. The maximum atomic E-state index is 13.9. The molecule has 27 heavy (non-hydrogen) atoms. The first-order chi connectivity index (χ1) is 13.1. The molecule has 2 aromatic heterocycles. The fraction of sp³-hybridized carbons (Fsp3) is 0.333. The van der Waals surface area contributed by atoms with Crippen LogP contribution in [0.4, 0.5) is 9.18 Å². The van der Waals surface area contributed by atoms with Crippen LogP contribution < -0.4 is 0 Å². The van der Waals surface area contributed by atoms with Gasteiger partial charge < -0.3 is 19.4 Å². The van der Waals surface area contributed by atoms with Gasteiger partial charge in [0.2, 0.25) is 0 Å². The Labute approximate surface area is 154 Å². The molecule has 1 aromatic carbocycles. The maximum Gasteiger partial charge on any atom is 0.410 e. The van der Waals surface area contributed by atoms with Crippen LogP contribution in [0.5, 0.6) is 0 Å². The number of aromatic amines is 1. The molecule has 1 aliphatic heterocycles. The summed E-state index contributed by atoms with van der Waals surface area (Å²) in [5, 5.41) is 0. The van der Waals surface area contributed by atoms with Gasteiger partial charge in [-0.1, -0.05) is 12.1 Å². The zero-order valence-electron chi connectivity index (χ0n) is 14.7. The Morgan fingerprint density at radius 2 is 2.26 bits per heavy atom. The normalized spacial score (nSPS) is 17.3. The predicted octanol–water partition coefficient (Wildman–Crippen LogP) is 2.51. The summed E-state index contributed by atoms with van der Waals surface area (Å²) in [5.41, 5.74) is 2.21. The number of nitrogens with one attached hydrogen (secondary N) is 1. The van der Waals surface area contributed by atoms with E-state index in [1.54, 1.807) is 31.5 Å². The summed E-state index contributed by atoms with van der Waals surface area (Å²) in [5.74, 6) is 0.170. The van der Waals surface area contributed by atoms with Crippen LogP contribution in [0.2, 0.25) is 0 Å². The van der Waals surface area contributed by atoms with Crippen LogP contribution in [0.25, 0.3) is 11.3 Å². The van der Waals surface area contributed by atoms with Gasteiger partial charge in [0.05, 0.1) is 13.2 Å². The number of morpholine rings is 1. The SMILES string of the molecule is Cc1ccc(COC(=O)N2CCO[C@H](c3nc4nccnc4[nH]3)C2)c(F)c1. The average Bonchev–Trinajstić information content (AvgIpc) is 3.11. The molecule has 1 amide bonds. The van der Waals surface area contributed by atoms with Gasteiger partial charge in [-0.3, -0.25) is 0 Å². The number of imidazole rings is 1. The van der Waals surface area contributed by atoms with Crippen molar-refractivity contribution in [2.75, 3.05) is 19.7 Å². The number of aryl methyl sites for hydroxylation is 1. The van der Waals surface area contributed by atoms with E-state index in [9.17, 15) is 9.18 Å². The maximum absolute atomic E-state index is 13.9. The molecular formula is C18H18FN5O3. The van der Waals surface area contributed by atoms with Gasteiger partial charge in [-0.15, -0.1) is 0 Å². The summed E-state index contributed by atoms with van der Waals surface area (Å²) in [6, 6.07) is 4.81. The zero-order valence-corrected chi connectivity index (χ0v) is 14.7. The van der Waals surface area contributed by atoms with Gasteiger partial charge >= 0.3 is 6.09 Å². The van der Waals surface area contributed by atoms with Crippen molar-refractivity contribution in [1.82, 2.24) is 24.8 Å². The van der Waals surface area contributed by atoms with Crippen molar-refractivity contribution in [3.63, 3.8) is 0 Å². The summed E-state index contributed by atoms with van der Waals surface area (Å²) in [6.45, 7) is 2.69. The van der Waals surface area contributed by atoms with E-state index < -0.39 is 12.2 Å². The third kappa shape index (κ3) is 3.72. The van der Waals surface area contributed by atoms with E-state index in [4.69, 9.17) is 9.47 Å². The molecule has 1 N–H and O–H groups in total. The van der Waals surface area contributed by atoms with Gasteiger partial charge in [-0.2, -0.15) is 0 Å². The minimum absolute atomic E-state index is 0.120. The zero-order chi connectivity index (χ0) is 18.8. The average molecular weight is 371 g/mol. The van der Waals surface area contributed by atoms with Crippen molar-refractivity contribution < 1.29 is 18.7 Å². The van der Waals surface area contributed by atoms with Gasteiger partial charge in [-0.05, 0) is 18.6 Å². The summed E-state index contributed by atoms with van der Waals surface area (Å²) in [6.07, 6.45) is 2.18. The number of carbonyl (C=O) groups excluding carboxylic acids is 1. The molecule has 1 saturated heterocycles. The van der Waals surface area contributed by atoms with Crippen LogP contribution in [0.1, 0.15) is 23.1 Å². The third-order valence-electron chi connectivity index (χ3n) is 4.34. The largest absolute Gasteiger partial charge is 0.444 e. The number of aromatic nitrogens is 4. The van der Waals surface area contributed by atoms with Crippen LogP contribution in [0.3, 0.4) is 0 Å². The van der Waals surface area contributed by atoms with Crippen molar-refractivity contribution in [1.29, 1.82) is 0 Å². The van der Waals surface area contributed by atoms with Crippen LogP contribution >= 0.6 is 0 Å². The summed E-state index contributed by atoms with van der Waals surface area (Å²) < 4.78 is 24.9. The second-order valence-electron chi connectivity index (χ2n) is 6.31. The van der Waals surface area contributed by atoms with Crippen LogP contribution in [0, 0.1) is 12.7 Å². The van der Waals surface area contributed by atoms with Crippen LogP contribution in [-0.2, 0) is 16.1 Å². The first-order valence-corrected chi connectivity index (χ1v) is 8.55. The van der Waals surface area contributed by atoms with Crippen molar-refractivity contribution in [3.8, 4) is 0 Å². The van der Waals surface area contributed by atoms with E-state index in [1.165, 1.54) is 11.0 Å². The molecule has 3 heterocycles. The third-order valence-corrected chi connectivity index (χ3v) is 4.34. The van der Waals surface area contributed by atoms with E-state index in [-0.39, 0.29) is 19.0 Å². The van der Waals surface area contributed by atoms with Crippen molar-refractivity contribution in [3.05, 3.63) is 53.4 Å². The highest BCUT2D eigenvalue weighted by Gasteiger charge is 2.28. The molecule has 0 unspecified atom stereocenters. The fourth-order valence-corrected chi connectivity index (χ4v) is 2.90. The molecule has 4 rings (SSSR count). The Bertz CT molecular complexity index is 944. The van der Waals surface area contributed by atoms with E-state index in [1.807, 2.05) is 0 Å². The molecule has 1 atom stereocenters. The Balaban J connectivity index is 1.40. The summed E-state index contributed by atoms with van der Waals surface area (Å²) in [7, 11) is 0. The number of rotatable bonds is 3. The first-order valence-electron chi connectivity index (χ1n) is 8.55. The molecule has 0 radical (unpaired) electrons.